The highest BCUT2D eigenvalue weighted by Gasteiger charge is 2.13. The van der Waals surface area contributed by atoms with Crippen LogP contribution in [0.25, 0.3) is 0 Å². The summed E-state index contributed by atoms with van der Waals surface area (Å²) in [5.41, 5.74) is 2.53. The number of carbonyl (C=O) groups is 1. The average Bonchev–Trinajstić information content (AvgIpc) is 2.94. The number of anilines is 1. The van der Waals surface area contributed by atoms with Crippen LogP contribution in [0.1, 0.15) is 27.4 Å². The van der Waals surface area contributed by atoms with E-state index >= 15 is 0 Å². The van der Waals surface area contributed by atoms with Crippen LogP contribution >= 0.6 is 11.8 Å². The van der Waals surface area contributed by atoms with Crippen LogP contribution in [0, 0.1) is 13.8 Å². The minimum atomic E-state index is -0.153. The number of nitrogens with zero attached hydrogens (tertiary/aromatic N) is 1. The Hall–Kier alpha value is -2.53. The molecule has 0 radical (unpaired) electrons. The molecule has 1 amide bonds. The van der Waals surface area contributed by atoms with E-state index in [9.17, 15) is 4.79 Å². The van der Waals surface area contributed by atoms with Gasteiger partial charge in [0, 0.05) is 28.7 Å². The second-order valence-electron chi connectivity index (χ2n) is 5.46. The lowest BCUT2D eigenvalue weighted by atomic mass is 10.2. The molecule has 2 heterocycles. The molecule has 0 aliphatic heterocycles. The smallest absolute Gasteiger partial charge is 0.259 e. The SMILES string of the molecule is Cc1cc(C(=O)Nc2ccc(SCc3cccnc3)cc2)c(C)o1. The summed E-state index contributed by atoms with van der Waals surface area (Å²) < 4.78 is 5.40. The number of nitrogens with one attached hydrogen (secondary N) is 1. The largest absolute Gasteiger partial charge is 0.466 e. The molecule has 0 aliphatic rings. The van der Waals surface area contributed by atoms with Gasteiger partial charge >= 0.3 is 0 Å². The lowest BCUT2D eigenvalue weighted by Crippen LogP contribution is -2.11. The lowest BCUT2D eigenvalue weighted by molar-refractivity contribution is 0.102. The van der Waals surface area contributed by atoms with Crippen LogP contribution in [0.4, 0.5) is 5.69 Å². The Balaban J connectivity index is 1.60. The van der Waals surface area contributed by atoms with E-state index < -0.39 is 0 Å². The Labute approximate surface area is 145 Å². The molecule has 24 heavy (non-hydrogen) atoms. The molecule has 0 atom stereocenters. The third-order valence-corrected chi connectivity index (χ3v) is 4.61. The van der Waals surface area contributed by atoms with E-state index in [-0.39, 0.29) is 5.91 Å². The van der Waals surface area contributed by atoms with Crippen molar-refractivity contribution in [2.45, 2.75) is 24.5 Å². The standard InChI is InChI=1S/C19H18N2O2S/c1-13-10-18(14(2)23-13)19(22)21-16-5-7-17(8-6-16)24-12-15-4-3-9-20-11-15/h3-11H,12H2,1-2H3,(H,21,22). The quantitative estimate of drug-likeness (QED) is 0.677. The second-order valence-corrected chi connectivity index (χ2v) is 6.50. The first kappa shape index (κ1) is 16.3. The van der Waals surface area contributed by atoms with Gasteiger partial charge in [-0.2, -0.15) is 0 Å². The van der Waals surface area contributed by atoms with E-state index in [1.165, 1.54) is 5.56 Å². The molecular weight excluding hydrogens is 320 g/mol. The molecule has 0 saturated carbocycles. The summed E-state index contributed by atoms with van der Waals surface area (Å²) in [7, 11) is 0. The summed E-state index contributed by atoms with van der Waals surface area (Å²) in [4.78, 5) is 17.5. The molecule has 2 aromatic heterocycles. The predicted octanol–water partition coefficient (Wildman–Crippen LogP) is 4.84. The van der Waals surface area contributed by atoms with Gasteiger partial charge in [-0.1, -0.05) is 6.07 Å². The van der Waals surface area contributed by atoms with Crippen LogP contribution in [0.2, 0.25) is 0 Å². The maximum Gasteiger partial charge on any atom is 0.259 e. The van der Waals surface area contributed by atoms with Crippen molar-refractivity contribution in [1.82, 2.24) is 4.98 Å². The Morgan fingerprint density at radius 1 is 1.21 bits per heavy atom. The third-order valence-electron chi connectivity index (χ3n) is 3.53. The highest BCUT2D eigenvalue weighted by atomic mass is 32.2. The minimum Gasteiger partial charge on any atom is -0.466 e. The third kappa shape index (κ3) is 4.06. The molecule has 0 bridgehead atoms. The Morgan fingerprint density at radius 2 is 2.00 bits per heavy atom. The van der Waals surface area contributed by atoms with E-state index in [2.05, 4.69) is 16.4 Å². The summed E-state index contributed by atoms with van der Waals surface area (Å²) in [6.45, 7) is 3.62. The van der Waals surface area contributed by atoms with E-state index in [0.29, 0.717) is 11.3 Å². The van der Waals surface area contributed by atoms with Crippen molar-refractivity contribution in [2.24, 2.45) is 0 Å². The number of pyridine rings is 1. The van der Waals surface area contributed by atoms with Crippen molar-refractivity contribution in [2.75, 3.05) is 5.32 Å². The number of aromatic nitrogens is 1. The van der Waals surface area contributed by atoms with E-state index in [4.69, 9.17) is 4.42 Å². The fourth-order valence-corrected chi connectivity index (χ4v) is 3.17. The first-order valence-corrected chi connectivity index (χ1v) is 8.60. The summed E-state index contributed by atoms with van der Waals surface area (Å²) in [6, 6.07) is 13.6. The van der Waals surface area contributed by atoms with Crippen molar-refractivity contribution in [3.8, 4) is 0 Å². The van der Waals surface area contributed by atoms with Crippen molar-refractivity contribution >= 4 is 23.4 Å². The Kier molecular flexibility index (Phi) is 5.01. The first-order valence-electron chi connectivity index (χ1n) is 7.62. The van der Waals surface area contributed by atoms with Gasteiger partial charge in [0.2, 0.25) is 0 Å². The van der Waals surface area contributed by atoms with Gasteiger partial charge < -0.3 is 9.73 Å². The number of benzene rings is 1. The van der Waals surface area contributed by atoms with Gasteiger partial charge in [-0.3, -0.25) is 9.78 Å². The molecule has 0 unspecified atom stereocenters. The lowest BCUT2D eigenvalue weighted by Gasteiger charge is -2.06. The molecule has 0 fully saturated rings. The number of hydrogen-bond donors (Lipinski definition) is 1. The van der Waals surface area contributed by atoms with Crippen LogP contribution in [0.3, 0.4) is 0 Å². The number of amides is 1. The van der Waals surface area contributed by atoms with Crippen LogP contribution in [0.5, 0.6) is 0 Å². The van der Waals surface area contributed by atoms with Crippen molar-refractivity contribution < 1.29 is 9.21 Å². The van der Waals surface area contributed by atoms with Crippen LogP contribution in [-0.2, 0) is 5.75 Å². The fraction of sp³-hybridized carbons (Fsp3) is 0.158. The zero-order valence-corrected chi connectivity index (χ0v) is 14.4. The molecule has 3 aromatic rings. The first-order chi connectivity index (χ1) is 11.6. The molecule has 3 rings (SSSR count). The van der Waals surface area contributed by atoms with Gasteiger partial charge in [-0.05, 0) is 55.8 Å². The van der Waals surface area contributed by atoms with Gasteiger partial charge in [-0.15, -0.1) is 11.8 Å². The Morgan fingerprint density at radius 3 is 2.62 bits per heavy atom. The average molecular weight is 338 g/mol. The van der Waals surface area contributed by atoms with Crippen LogP contribution in [0.15, 0.2) is 64.2 Å². The maximum atomic E-state index is 12.3. The highest BCUT2D eigenvalue weighted by Crippen LogP contribution is 2.24. The number of rotatable bonds is 5. The van der Waals surface area contributed by atoms with Crippen molar-refractivity contribution in [3.05, 3.63) is 77.5 Å². The fourth-order valence-electron chi connectivity index (χ4n) is 2.34. The summed E-state index contributed by atoms with van der Waals surface area (Å²) in [5.74, 6) is 2.08. The highest BCUT2D eigenvalue weighted by molar-refractivity contribution is 7.98. The number of aryl methyl sites for hydroxylation is 2. The van der Waals surface area contributed by atoms with Gasteiger partial charge in [0.1, 0.15) is 11.5 Å². The number of thioether (sulfide) groups is 1. The van der Waals surface area contributed by atoms with Gasteiger partial charge in [0.25, 0.3) is 5.91 Å². The van der Waals surface area contributed by atoms with Crippen molar-refractivity contribution in [3.63, 3.8) is 0 Å². The molecular formula is C19H18N2O2S. The molecule has 1 aromatic carbocycles. The molecule has 0 spiro atoms. The van der Waals surface area contributed by atoms with Gasteiger partial charge in [-0.25, -0.2) is 0 Å². The normalized spacial score (nSPS) is 10.6. The van der Waals surface area contributed by atoms with Crippen molar-refractivity contribution in [1.29, 1.82) is 0 Å². The second kappa shape index (κ2) is 7.36. The number of carbonyl (C=O) groups excluding carboxylic acids is 1. The molecule has 4 nitrogen and oxygen atoms in total. The van der Waals surface area contributed by atoms with E-state index in [1.807, 2.05) is 43.5 Å². The monoisotopic (exact) mass is 338 g/mol. The topological polar surface area (TPSA) is 55.1 Å². The molecule has 0 saturated heterocycles. The Bertz CT molecular complexity index is 826. The number of furan rings is 1. The van der Waals surface area contributed by atoms with E-state index in [1.54, 1.807) is 30.9 Å². The maximum absolute atomic E-state index is 12.3. The molecule has 122 valence electrons. The summed E-state index contributed by atoms with van der Waals surface area (Å²) in [5, 5.41) is 2.90. The minimum absolute atomic E-state index is 0.153. The van der Waals surface area contributed by atoms with E-state index in [0.717, 1.165) is 22.1 Å². The summed E-state index contributed by atoms with van der Waals surface area (Å²) >= 11 is 1.74. The zero-order chi connectivity index (χ0) is 16.9. The number of hydrogen-bond acceptors (Lipinski definition) is 4. The molecule has 1 N–H and O–H groups in total. The van der Waals surface area contributed by atoms with Gasteiger partial charge in [0.05, 0.1) is 5.56 Å². The van der Waals surface area contributed by atoms with Crippen LogP contribution < -0.4 is 5.32 Å². The zero-order valence-electron chi connectivity index (χ0n) is 13.6. The molecule has 0 aliphatic carbocycles. The van der Waals surface area contributed by atoms with Crippen LogP contribution in [-0.4, -0.2) is 10.9 Å². The molecule has 5 heteroatoms. The summed E-state index contributed by atoms with van der Waals surface area (Å²) in [6.07, 6.45) is 3.64. The van der Waals surface area contributed by atoms with Gasteiger partial charge in [0.15, 0.2) is 0 Å². The predicted molar refractivity (Wildman–Crippen MR) is 96.4 cm³/mol.